The number of hydrogen-bond donors (Lipinski definition) is 2. The first-order chi connectivity index (χ1) is 30.0. The number of hydrogen-bond acceptors (Lipinski definition) is 15. The zero-order valence-corrected chi connectivity index (χ0v) is 34.2. The molecule has 0 saturated carbocycles. The third kappa shape index (κ3) is 13.9. The molecule has 0 fully saturated rings. The molecule has 0 spiro atoms. The van der Waals surface area contributed by atoms with Crippen LogP contribution in [0.1, 0.15) is 69.6 Å². The second-order valence-corrected chi connectivity index (χ2v) is 12.0. The number of nitrogens with two attached hydrogens (primary N) is 1. The molecule has 0 amide bonds. The summed E-state index contributed by atoms with van der Waals surface area (Å²) in [4.78, 5) is 73.4. The van der Waals surface area contributed by atoms with Crippen molar-refractivity contribution >= 4 is 35.3 Å². The van der Waals surface area contributed by atoms with Crippen molar-refractivity contribution < 1.29 is 43.0 Å². The summed E-state index contributed by atoms with van der Waals surface area (Å²) < 4.78 is 24.3. The Bertz CT molecular complexity index is 2480. The van der Waals surface area contributed by atoms with Crippen LogP contribution in [0.15, 0.2) is 129 Å². The molecule has 0 radical (unpaired) electrons. The Hall–Kier alpha value is -8.42. The van der Waals surface area contributed by atoms with Crippen molar-refractivity contribution in [1.29, 1.82) is 0 Å². The molecule has 4 aromatic heterocycles. The number of nitrogens with one attached hydrogen (secondary N) is 1. The number of nitrogen functional groups attached to an aromatic ring is 1. The van der Waals surface area contributed by atoms with Gasteiger partial charge in [-0.15, -0.1) is 0 Å². The third-order valence-electron chi connectivity index (χ3n) is 7.80. The van der Waals surface area contributed by atoms with Gasteiger partial charge in [-0.1, -0.05) is 18.2 Å². The summed E-state index contributed by atoms with van der Waals surface area (Å²) in [7, 11) is 0. The molecule has 3 aromatic carbocycles. The fraction of sp³-hybridized carbons (Fsp3) is 0.190. The molecule has 3 N–H and O–H groups in total. The number of para-hydroxylation sites is 1. The largest absolute Gasteiger partial charge is 0.461 e. The van der Waals surface area contributed by atoms with E-state index in [1.807, 2.05) is 42.5 Å². The average Bonchev–Trinajstić information content (AvgIpc) is 4.14. The molecular weight excluding hydrogens is 805 g/mol. The minimum absolute atomic E-state index is 0.00878. The van der Waals surface area contributed by atoms with Crippen LogP contribution in [0.5, 0.6) is 0 Å². The van der Waals surface area contributed by atoms with Gasteiger partial charge in [-0.05, 0) is 76.2 Å². The highest BCUT2D eigenvalue weighted by molar-refractivity contribution is 5.88. The van der Waals surface area contributed by atoms with Gasteiger partial charge in [-0.2, -0.15) is 0 Å². The topological polar surface area (TPSA) is 257 Å². The van der Waals surface area contributed by atoms with Crippen LogP contribution in [0.25, 0.3) is 17.1 Å². The molecule has 0 aliphatic rings. The maximum absolute atomic E-state index is 11.4. The van der Waals surface area contributed by atoms with E-state index in [0.29, 0.717) is 48.3 Å². The number of anilines is 1. The van der Waals surface area contributed by atoms with E-state index in [0.717, 1.165) is 11.4 Å². The second kappa shape index (κ2) is 23.9. The highest BCUT2D eigenvalue weighted by atomic mass is 16.6. The van der Waals surface area contributed by atoms with Gasteiger partial charge in [0.05, 0.1) is 43.9 Å². The van der Waals surface area contributed by atoms with Gasteiger partial charge in [-0.3, -0.25) is 10.1 Å². The molecule has 322 valence electrons. The average molecular weight is 849 g/mol. The smallest absolute Gasteiger partial charge is 0.358 e. The maximum Gasteiger partial charge on any atom is 0.358 e. The predicted octanol–water partition coefficient (Wildman–Crippen LogP) is 6.22. The molecule has 7 aromatic rings. The van der Waals surface area contributed by atoms with Crippen LogP contribution in [0.3, 0.4) is 0 Å². The molecule has 0 atom stereocenters. The number of carbonyl (C=O) groups excluding carboxylic acids is 4. The van der Waals surface area contributed by atoms with Crippen molar-refractivity contribution in [2.75, 3.05) is 32.2 Å². The lowest BCUT2D eigenvalue weighted by atomic mass is 10.3. The Balaban J connectivity index is 0.000000186. The van der Waals surface area contributed by atoms with Crippen molar-refractivity contribution in [2.24, 2.45) is 0 Å². The Morgan fingerprint density at radius 2 is 0.984 bits per heavy atom. The van der Waals surface area contributed by atoms with Crippen molar-refractivity contribution in [1.82, 2.24) is 38.6 Å². The highest BCUT2D eigenvalue weighted by Gasteiger charge is 2.13. The summed E-state index contributed by atoms with van der Waals surface area (Å²) >= 11 is 0. The molecular formula is C42H44N10O10. The molecule has 62 heavy (non-hydrogen) atoms. The molecule has 20 heteroatoms. The zero-order valence-electron chi connectivity index (χ0n) is 34.2. The highest BCUT2D eigenvalue weighted by Crippen LogP contribution is 2.16. The van der Waals surface area contributed by atoms with Crippen molar-refractivity contribution in [2.45, 2.75) is 27.7 Å². The Kier molecular flexibility index (Phi) is 17.8. The molecule has 4 heterocycles. The second-order valence-electron chi connectivity index (χ2n) is 12.0. The standard InChI is InChI=1S/C12H11N3O4.C12H13N3O2.C12H12N2O2.C6H8N2O2/c1-2-19-12(16)11-7-14(8-13-11)9-3-5-10(6-4-9)15(17)18;1-2-17-12(16)11-7-15(8-14-11)10-5-3-9(13)4-6-10;1-2-16-12(15)11-8-14(9-13-11)10-6-4-3-5-7-10;1-2-10-6(9)5-3-7-4-8-5/h3-8H,2H2,1H3;3-8H,2,13H2,1H3;3-9H,2H2,1H3;3-4H,2H2,1H3,(H,7,8). The molecule has 0 aliphatic heterocycles. The van der Waals surface area contributed by atoms with Gasteiger partial charge in [-0.25, -0.2) is 39.1 Å². The van der Waals surface area contributed by atoms with E-state index >= 15 is 0 Å². The fourth-order valence-corrected chi connectivity index (χ4v) is 4.89. The Morgan fingerprint density at radius 3 is 1.35 bits per heavy atom. The number of aromatic nitrogens is 8. The number of nitrogens with zero attached hydrogens (tertiary/aromatic N) is 8. The molecule has 0 bridgehead atoms. The van der Waals surface area contributed by atoms with Gasteiger partial charge in [0, 0.05) is 53.5 Å². The van der Waals surface area contributed by atoms with E-state index < -0.39 is 22.8 Å². The molecule has 0 unspecified atom stereocenters. The van der Waals surface area contributed by atoms with Gasteiger partial charge < -0.3 is 43.4 Å². The summed E-state index contributed by atoms with van der Waals surface area (Å²) in [5, 5.41) is 10.5. The van der Waals surface area contributed by atoms with E-state index in [-0.39, 0.29) is 24.0 Å². The minimum Gasteiger partial charge on any atom is -0.461 e. The predicted molar refractivity (Wildman–Crippen MR) is 224 cm³/mol. The summed E-state index contributed by atoms with van der Waals surface area (Å²) in [5.41, 5.74) is 10.0. The summed E-state index contributed by atoms with van der Waals surface area (Å²) in [6.45, 7) is 8.37. The monoisotopic (exact) mass is 848 g/mol. The minimum atomic E-state index is -0.497. The van der Waals surface area contributed by atoms with Crippen LogP contribution in [0, 0.1) is 10.1 Å². The van der Waals surface area contributed by atoms with Gasteiger partial charge >= 0.3 is 23.9 Å². The Labute approximate surface area is 355 Å². The number of non-ortho nitro benzene ring substituents is 1. The number of imidazole rings is 4. The lowest BCUT2D eigenvalue weighted by Crippen LogP contribution is -2.04. The number of nitro benzene ring substituents is 1. The van der Waals surface area contributed by atoms with Gasteiger partial charge in [0.15, 0.2) is 17.1 Å². The number of benzene rings is 3. The first kappa shape index (κ1) is 46.3. The van der Waals surface area contributed by atoms with Crippen molar-refractivity contribution in [3.05, 3.63) is 162 Å². The van der Waals surface area contributed by atoms with E-state index in [9.17, 15) is 29.3 Å². The number of aromatic amines is 1. The van der Waals surface area contributed by atoms with Crippen LogP contribution < -0.4 is 5.73 Å². The van der Waals surface area contributed by atoms with Crippen molar-refractivity contribution in [3.8, 4) is 17.1 Å². The number of H-pyrrole nitrogens is 1. The quantitative estimate of drug-likeness (QED) is 0.0455. The molecule has 7 rings (SSSR count). The lowest BCUT2D eigenvalue weighted by Gasteiger charge is -2.01. The van der Waals surface area contributed by atoms with Crippen molar-refractivity contribution in [3.63, 3.8) is 0 Å². The van der Waals surface area contributed by atoms with Crippen LogP contribution in [0.2, 0.25) is 0 Å². The van der Waals surface area contributed by atoms with Gasteiger partial charge in [0.1, 0.15) is 24.7 Å². The van der Waals surface area contributed by atoms with Gasteiger partial charge in [0.25, 0.3) is 5.69 Å². The fourth-order valence-electron chi connectivity index (χ4n) is 4.89. The summed E-state index contributed by atoms with van der Waals surface area (Å²) in [5.74, 6) is -1.66. The summed E-state index contributed by atoms with van der Waals surface area (Å²) in [6.07, 6.45) is 12.3. The normalized spacial score (nSPS) is 10.0. The molecule has 20 nitrogen and oxygen atoms in total. The number of ether oxygens (including phenoxy) is 4. The van der Waals surface area contributed by atoms with Crippen LogP contribution in [-0.2, 0) is 18.9 Å². The van der Waals surface area contributed by atoms with Crippen LogP contribution in [0.4, 0.5) is 11.4 Å². The number of esters is 4. The Morgan fingerprint density at radius 1 is 0.597 bits per heavy atom. The molecule has 0 saturated heterocycles. The SMILES string of the molecule is CCOC(=O)c1cn(-c2ccc(N)cc2)cn1.CCOC(=O)c1cn(-c2ccc([N+](=O)[O-])cc2)cn1.CCOC(=O)c1cn(-c2ccccc2)cn1.CCOC(=O)c1cnc[nH]1. The first-order valence-corrected chi connectivity index (χ1v) is 18.9. The van der Waals surface area contributed by atoms with E-state index in [4.69, 9.17) is 19.9 Å². The van der Waals surface area contributed by atoms with E-state index in [1.54, 1.807) is 90.7 Å². The number of carbonyl (C=O) groups is 4. The third-order valence-corrected chi connectivity index (χ3v) is 7.80. The number of nitro groups is 1. The maximum atomic E-state index is 11.4. The van der Waals surface area contributed by atoms with E-state index in [1.165, 1.54) is 37.2 Å². The first-order valence-electron chi connectivity index (χ1n) is 18.9. The van der Waals surface area contributed by atoms with Crippen LogP contribution >= 0.6 is 0 Å². The van der Waals surface area contributed by atoms with E-state index in [2.05, 4.69) is 29.7 Å². The molecule has 0 aliphatic carbocycles. The zero-order chi connectivity index (χ0) is 44.9. The van der Waals surface area contributed by atoms with Gasteiger partial charge in [0.2, 0.25) is 0 Å². The van der Waals surface area contributed by atoms with Crippen LogP contribution in [-0.4, -0.2) is 93.8 Å². The lowest BCUT2D eigenvalue weighted by molar-refractivity contribution is -0.384. The summed E-state index contributed by atoms with van der Waals surface area (Å²) in [6, 6.07) is 22.9. The number of rotatable bonds is 12.